The molecule has 0 amide bonds. The lowest BCUT2D eigenvalue weighted by atomic mass is 10.0. The van der Waals surface area contributed by atoms with Crippen LogP contribution in [0.5, 0.6) is 0 Å². The Hall–Kier alpha value is -1.86. The Morgan fingerprint density at radius 2 is 1.43 bits per heavy atom. The van der Waals surface area contributed by atoms with E-state index in [0.717, 1.165) is 12.0 Å². The third-order valence-electron chi connectivity index (χ3n) is 3.23. The second-order valence-electron chi connectivity index (χ2n) is 5.57. The summed E-state index contributed by atoms with van der Waals surface area (Å²) in [6.45, 7) is 4.45. The van der Waals surface area contributed by atoms with Crippen molar-refractivity contribution >= 4 is 29.0 Å². The van der Waals surface area contributed by atoms with E-state index in [1.807, 2.05) is 18.2 Å². The van der Waals surface area contributed by atoms with E-state index in [2.05, 4.69) is 44.2 Å². The number of hydrogen-bond acceptors (Lipinski definition) is 1. The Morgan fingerprint density at radius 1 is 0.952 bits per heavy atom. The fraction of sp³-hybridized carbons (Fsp3) is 0.211. The maximum Gasteiger partial charge on any atom is 0.252 e. The normalized spacial score (nSPS) is 11.2. The molecule has 21 heavy (non-hydrogen) atoms. The van der Waals surface area contributed by atoms with Gasteiger partial charge < -0.3 is 0 Å². The quantitative estimate of drug-likeness (QED) is 0.531. The van der Waals surface area contributed by atoms with Crippen LogP contribution < -0.4 is 0 Å². The molecule has 0 N–H and O–H groups in total. The number of rotatable bonds is 5. The first kappa shape index (κ1) is 15.5. The molecule has 0 aromatic heterocycles. The molecule has 0 unspecified atom stereocenters. The summed E-state index contributed by atoms with van der Waals surface area (Å²) in [5.41, 5.74) is 4.10. The molecule has 0 atom stereocenters. The van der Waals surface area contributed by atoms with Gasteiger partial charge in [0.2, 0.25) is 0 Å². The lowest BCUT2D eigenvalue weighted by Crippen LogP contribution is -1.93. The molecule has 0 bridgehead atoms. The number of hydrogen-bond donors (Lipinski definition) is 0. The molecule has 0 saturated heterocycles. The predicted octanol–water partition coefficient (Wildman–Crippen LogP) is 5.43. The van der Waals surface area contributed by atoms with Crippen molar-refractivity contribution in [3.8, 4) is 0 Å². The van der Waals surface area contributed by atoms with Crippen LogP contribution in [0, 0.1) is 5.92 Å². The van der Waals surface area contributed by atoms with Crippen LogP contribution in [0.4, 0.5) is 0 Å². The average molecular weight is 299 g/mol. The summed E-state index contributed by atoms with van der Waals surface area (Å²) < 4.78 is 0. The summed E-state index contributed by atoms with van der Waals surface area (Å²) in [5.74, 6) is 0.676. The Balaban J connectivity index is 2.05. The third kappa shape index (κ3) is 4.87. The molecular weight excluding hydrogens is 280 g/mol. The van der Waals surface area contributed by atoms with Crippen molar-refractivity contribution in [3.05, 3.63) is 70.8 Å². The minimum absolute atomic E-state index is 0.425. The van der Waals surface area contributed by atoms with E-state index in [-0.39, 0.29) is 0 Å². The van der Waals surface area contributed by atoms with Crippen LogP contribution in [0.15, 0.2) is 48.5 Å². The summed E-state index contributed by atoms with van der Waals surface area (Å²) in [6, 6.07) is 15.9. The van der Waals surface area contributed by atoms with Gasteiger partial charge in [-0.2, -0.15) is 0 Å². The Bertz CT molecular complexity index is 622. The molecule has 0 saturated carbocycles. The van der Waals surface area contributed by atoms with Gasteiger partial charge in [0, 0.05) is 5.56 Å². The standard InChI is InChI=1S/C19H19ClO/c1-14(2)13-17-7-5-15(6-8-17)3-4-16-9-11-18(12-10-16)19(20)21/h3-12,14H,13H2,1-2H3/b4-3-. The molecule has 108 valence electrons. The third-order valence-corrected chi connectivity index (χ3v) is 3.45. The number of carbonyl (C=O) groups is 1. The van der Waals surface area contributed by atoms with Gasteiger partial charge in [-0.1, -0.05) is 62.4 Å². The number of halogens is 1. The Morgan fingerprint density at radius 3 is 1.86 bits per heavy atom. The van der Waals surface area contributed by atoms with Crippen LogP contribution in [0.3, 0.4) is 0 Å². The zero-order valence-corrected chi connectivity index (χ0v) is 13.1. The summed E-state index contributed by atoms with van der Waals surface area (Å²) >= 11 is 5.42. The topological polar surface area (TPSA) is 17.1 Å². The second-order valence-corrected chi connectivity index (χ2v) is 5.91. The van der Waals surface area contributed by atoms with Crippen molar-refractivity contribution in [2.45, 2.75) is 20.3 Å². The minimum Gasteiger partial charge on any atom is -0.276 e. The number of benzene rings is 2. The van der Waals surface area contributed by atoms with Crippen LogP contribution in [0.1, 0.15) is 40.9 Å². The van der Waals surface area contributed by atoms with Gasteiger partial charge in [0.25, 0.3) is 5.24 Å². The molecule has 0 spiro atoms. The predicted molar refractivity (Wildman–Crippen MR) is 90.5 cm³/mol. The van der Waals surface area contributed by atoms with Gasteiger partial charge in [-0.05, 0) is 52.8 Å². The minimum atomic E-state index is -0.425. The van der Waals surface area contributed by atoms with Crippen LogP contribution in [-0.4, -0.2) is 5.24 Å². The summed E-state index contributed by atoms with van der Waals surface area (Å²) in [6.07, 6.45) is 5.20. The van der Waals surface area contributed by atoms with Crippen molar-refractivity contribution in [2.75, 3.05) is 0 Å². The van der Waals surface area contributed by atoms with Crippen molar-refractivity contribution < 1.29 is 4.79 Å². The van der Waals surface area contributed by atoms with E-state index in [4.69, 9.17) is 11.6 Å². The lowest BCUT2D eigenvalue weighted by Gasteiger charge is -2.04. The highest BCUT2D eigenvalue weighted by molar-refractivity contribution is 6.67. The van der Waals surface area contributed by atoms with Gasteiger partial charge >= 0.3 is 0 Å². The highest BCUT2D eigenvalue weighted by Crippen LogP contribution is 2.13. The van der Waals surface area contributed by atoms with E-state index >= 15 is 0 Å². The van der Waals surface area contributed by atoms with E-state index in [0.29, 0.717) is 11.5 Å². The van der Waals surface area contributed by atoms with Crippen molar-refractivity contribution in [2.24, 2.45) is 5.92 Å². The van der Waals surface area contributed by atoms with Crippen molar-refractivity contribution in [3.63, 3.8) is 0 Å². The first-order chi connectivity index (χ1) is 10.0. The molecule has 2 aromatic rings. The molecule has 0 aliphatic heterocycles. The molecule has 0 fully saturated rings. The fourth-order valence-electron chi connectivity index (χ4n) is 2.15. The zero-order chi connectivity index (χ0) is 15.2. The highest BCUT2D eigenvalue weighted by Gasteiger charge is 2.00. The molecule has 2 aromatic carbocycles. The van der Waals surface area contributed by atoms with Crippen molar-refractivity contribution in [1.82, 2.24) is 0 Å². The SMILES string of the molecule is CC(C)Cc1ccc(/C=C\c2ccc(C(=O)Cl)cc2)cc1. The fourth-order valence-corrected chi connectivity index (χ4v) is 2.28. The summed E-state index contributed by atoms with van der Waals surface area (Å²) in [4.78, 5) is 11.0. The maximum absolute atomic E-state index is 11.0. The molecule has 2 heteroatoms. The first-order valence-corrected chi connectivity index (χ1v) is 7.49. The van der Waals surface area contributed by atoms with Gasteiger partial charge in [0.15, 0.2) is 0 Å². The van der Waals surface area contributed by atoms with Gasteiger partial charge in [-0.15, -0.1) is 0 Å². The van der Waals surface area contributed by atoms with E-state index in [1.54, 1.807) is 12.1 Å². The van der Waals surface area contributed by atoms with Gasteiger partial charge in [-0.25, -0.2) is 0 Å². The summed E-state index contributed by atoms with van der Waals surface area (Å²) in [7, 11) is 0. The second kappa shape index (κ2) is 7.24. The van der Waals surface area contributed by atoms with Crippen molar-refractivity contribution in [1.29, 1.82) is 0 Å². The first-order valence-electron chi connectivity index (χ1n) is 7.11. The van der Waals surface area contributed by atoms with Crippen LogP contribution in [0.2, 0.25) is 0 Å². The average Bonchev–Trinajstić information content (AvgIpc) is 2.46. The monoisotopic (exact) mass is 298 g/mol. The van der Waals surface area contributed by atoms with Crippen LogP contribution in [0.25, 0.3) is 12.2 Å². The van der Waals surface area contributed by atoms with Gasteiger partial charge in [0.1, 0.15) is 0 Å². The Kier molecular flexibility index (Phi) is 5.35. The van der Waals surface area contributed by atoms with Crippen LogP contribution >= 0.6 is 11.6 Å². The van der Waals surface area contributed by atoms with E-state index in [9.17, 15) is 4.79 Å². The maximum atomic E-state index is 11.0. The molecule has 0 aliphatic carbocycles. The highest BCUT2D eigenvalue weighted by atomic mass is 35.5. The largest absolute Gasteiger partial charge is 0.276 e. The number of carbonyl (C=O) groups excluding carboxylic acids is 1. The summed E-state index contributed by atoms with van der Waals surface area (Å²) in [5, 5.41) is -0.425. The molecule has 0 aliphatic rings. The molecule has 1 nitrogen and oxygen atoms in total. The zero-order valence-electron chi connectivity index (χ0n) is 12.3. The van der Waals surface area contributed by atoms with Crippen LogP contribution in [-0.2, 0) is 6.42 Å². The smallest absolute Gasteiger partial charge is 0.252 e. The van der Waals surface area contributed by atoms with E-state index < -0.39 is 5.24 Å². The van der Waals surface area contributed by atoms with Gasteiger partial charge in [-0.3, -0.25) is 4.79 Å². The molecular formula is C19H19ClO. The van der Waals surface area contributed by atoms with E-state index in [1.165, 1.54) is 11.1 Å². The van der Waals surface area contributed by atoms with Gasteiger partial charge in [0.05, 0.1) is 0 Å². The molecule has 0 radical (unpaired) electrons. The molecule has 2 rings (SSSR count). The lowest BCUT2D eigenvalue weighted by molar-refractivity contribution is 0.108. The molecule has 0 heterocycles. The Labute approximate surface area is 131 Å².